The molecule has 0 aliphatic rings. The van der Waals surface area contributed by atoms with E-state index in [4.69, 9.17) is 21.1 Å². The minimum absolute atomic E-state index is 0.273. The topological polar surface area (TPSA) is 18.5 Å². The molecule has 2 nitrogen and oxygen atoms in total. The fourth-order valence-corrected chi connectivity index (χ4v) is 1.16. The van der Waals surface area contributed by atoms with Crippen LogP contribution in [0, 0.1) is 11.8 Å². The molecule has 0 heterocycles. The Balaban J connectivity index is 2.54. The van der Waals surface area contributed by atoms with E-state index in [0.717, 1.165) is 11.3 Å². The Kier molecular flexibility index (Phi) is 6.48. The molecule has 0 unspecified atom stereocenters. The SMILES string of the molecule is CCOCOc1cccc(C#CCCCl)c1. The molecule has 0 amide bonds. The lowest BCUT2D eigenvalue weighted by atomic mass is 10.2. The van der Waals surface area contributed by atoms with Crippen LogP contribution in [0.15, 0.2) is 24.3 Å². The maximum absolute atomic E-state index is 5.54. The van der Waals surface area contributed by atoms with Crippen LogP contribution in [0.25, 0.3) is 0 Å². The summed E-state index contributed by atoms with van der Waals surface area (Å²) in [4.78, 5) is 0. The van der Waals surface area contributed by atoms with Crippen LogP contribution in [0.2, 0.25) is 0 Å². The van der Waals surface area contributed by atoms with E-state index in [0.29, 0.717) is 18.9 Å². The van der Waals surface area contributed by atoms with Gasteiger partial charge in [0.25, 0.3) is 0 Å². The van der Waals surface area contributed by atoms with Crippen LogP contribution in [0.3, 0.4) is 0 Å². The minimum Gasteiger partial charge on any atom is -0.468 e. The maximum Gasteiger partial charge on any atom is 0.189 e. The van der Waals surface area contributed by atoms with E-state index in [1.807, 2.05) is 31.2 Å². The molecule has 0 saturated heterocycles. The van der Waals surface area contributed by atoms with Crippen LogP contribution < -0.4 is 4.74 Å². The zero-order chi connectivity index (χ0) is 11.6. The molecule has 16 heavy (non-hydrogen) atoms. The Morgan fingerprint density at radius 1 is 1.38 bits per heavy atom. The molecule has 0 aromatic heterocycles. The average Bonchev–Trinajstić information content (AvgIpc) is 2.30. The highest BCUT2D eigenvalue weighted by molar-refractivity contribution is 6.18. The second-order valence-corrected chi connectivity index (χ2v) is 3.40. The van der Waals surface area contributed by atoms with Gasteiger partial charge in [-0.15, -0.1) is 11.6 Å². The molecule has 0 aliphatic heterocycles. The van der Waals surface area contributed by atoms with Gasteiger partial charge < -0.3 is 9.47 Å². The standard InChI is InChI=1S/C13H15ClO2/c1-2-15-11-16-13-8-5-7-12(10-13)6-3-4-9-14/h5,7-8,10H,2,4,9,11H2,1H3. The Labute approximate surface area is 102 Å². The number of hydrogen-bond donors (Lipinski definition) is 0. The van der Waals surface area contributed by atoms with Gasteiger partial charge in [0.2, 0.25) is 0 Å². The molecule has 0 aliphatic carbocycles. The predicted octanol–water partition coefficient (Wildman–Crippen LogP) is 3.04. The van der Waals surface area contributed by atoms with Gasteiger partial charge in [-0.2, -0.15) is 0 Å². The van der Waals surface area contributed by atoms with E-state index in [1.165, 1.54) is 0 Å². The molecular weight excluding hydrogens is 224 g/mol. The molecule has 1 aromatic carbocycles. The Hall–Kier alpha value is -1.17. The van der Waals surface area contributed by atoms with Crippen LogP contribution in [-0.4, -0.2) is 19.3 Å². The summed E-state index contributed by atoms with van der Waals surface area (Å²) >= 11 is 5.54. The van der Waals surface area contributed by atoms with Crippen molar-refractivity contribution in [3.05, 3.63) is 29.8 Å². The van der Waals surface area contributed by atoms with Crippen LogP contribution in [0.4, 0.5) is 0 Å². The number of benzene rings is 1. The van der Waals surface area contributed by atoms with Crippen LogP contribution in [0.1, 0.15) is 18.9 Å². The molecule has 0 radical (unpaired) electrons. The molecule has 1 rings (SSSR count). The van der Waals surface area contributed by atoms with Crippen LogP contribution in [0.5, 0.6) is 5.75 Å². The van der Waals surface area contributed by atoms with Crippen molar-refractivity contribution in [1.29, 1.82) is 0 Å². The molecular formula is C13H15ClO2. The van der Waals surface area contributed by atoms with Crippen molar-refractivity contribution in [1.82, 2.24) is 0 Å². The fourth-order valence-electron chi connectivity index (χ4n) is 1.07. The Morgan fingerprint density at radius 2 is 2.25 bits per heavy atom. The lowest BCUT2D eigenvalue weighted by Crippen LogP contribution is -2.01. The highest BCUT2D eigenvalue weighted by Crippen LogP contribution is 2.12. The number of hydrogen-bond acceptors (Lipinski definition) is 2. The third-order valence-electron chi connectivity index (χ3n) is 1.80. The lowest BCUT2D eigenvalue weighted by Gasteiger charge is -2.05. The predicted molar refractivity (Wildman–Crippen MR) is 65.8 cm³/mol. The summed E-state index contributed by atoms with van der Waals surface area (Å²) < 4.78 is 10.5. The Morgan fingerprint density at radius 3 is 3.00 bits per heavy atom. The largest absolute Gasteiger partial charge is 0.468 e. The summed E-state index contributed by atoms with van der Waals surface area (Å²) in [6.07, 6.45) is 0.700. The van der Waals surface area contributed by atoms with Gasteiger partial charge in [0.05, 0.1) is 0 Å². The molecule has 3 heteroatoms. The van der Waals surface area contributed by atoms with Gasteiger partial charge in [-0.25, -0.2) is 0 Å². The highest BCUT2D eigenvalue weighted by atomic mass is 35.5. The molecule has 1 aromatic rings. The highest BCUT2D eigenvalue weighted by Gasteiger charge is 1.94. The number of halogens is 1. The van der Waals surface area contributed by atoms with E-state index in [-0.39, 0.29) is 6.79 Å². The summed E-state index contributed by atoms with van der Waals surface area (Å²) in [7, 11) is 0. The van der Waals surface area contributed by atoms with Crippen molar-refractivity contribution >= 4 is 11.6 Å². The first-order valence-corrected chi connectivity index (χ1v) is 5.75. The maximum atomic E-state index is 5.54. The quantitative estimate of drug-likeness (QED) is 0.340. The van der Waals surface area contributed by atoms with E-state index < -0.39 is 0 Å². The first-order chi connectivity index (χ1) is 7.86. The van der Waals surface area contributed by atoms with Crippen molar-refractivity contribution in [2.24, 2.45) is 0 Å². The third-order valence-corrected chi connectivity index (χ3v) is 1.99. The van der Waals surface area contributed by atoms with Gasteiger partial charge in [0, 0.05) is 24.5 Å². The zero-order valence-electron chi connectivity index (χ0n) is 9.33. The number of ether oxygens (including phenoxy) is 2. The van der Waals surface area contributed by atoms with Crippen LogP contribution >= 0.6 is 11.6 Å². The molecule has 0 N–H and O–H groups in total. The normalized spacial score (nSPS) is 9.38. The van der Waals surface area contributed by atoms with Crippen molar-refractivity contribution in [3.8, 4) is 17.6 Å². The van der Waals surface area contributed by atoms with Crippen molar-refractivity contribution in [2.45, 2.75) is 13.3 Å². The molecule has 0 spiro atoms. The second kappa shape index (κ2) is 8.04. The van der Waals surface area contributed by atoms with Gasteiger partial charge in [0.1, 0.15) is 5.75 Å². The van der Waals surface area contributed by atoms with Gasteiger partial charge >= 0.3 is 0 Å². The van der Waals surface area contributed by atoms with Gasteiger partial charge in [0.15, 0.2) is 6.79 Å². The smallest absolute Gasteiger partial charge is 0.189 e. The molecule has 0 atom stereocenters. The molecule has 86 valence electrons. The van der Waals surface area contributed by atoms with E-state index in [2.05, 4.69) is 11.8 Å². The van der Waals surface area contributed by atoms with E-state index in [9.17, 15) is 0 Å². The zero-order valence-corrected chi connectivity index (χ0v) is 10.1. The van der Waals surface area contributed by atoms with E-state index >= 15 is 0 Å². The monoisotopic (exact) mass is 238 g/mol. The van der Waals surface area contributed by atoms with Crippen molar-refractivity contribution in [3.63, 3.8) is 0 Å². The summed E-state index contributed by atoms with van der Waals surface area (Å²) in [6, 6.07) is 7.62. The summed E-state index contributed by atoms with van der Waals surface area (Å²) in [5, 5.41) is 0. The van der Waals surface area contributed by atoms with Crippen molar-refractivity contribution in [2.75, 3.05) is 19.3 Å². The molecule has 0 fully saturated rings. The van der Waals surface area contributed by atoms with Gasteiger partial charge in [-0.1, -0.05) is 17.9 Å². The third kappa shape index (κ3) is 5.06. The lowest BCUT2D eigenvalue weighted by molar-refractivity contribution is 0.0224. The van der Waals surface area contributed by atoms with E-state index in [1.54, 1.807) is 0 Å². The fraction of sp³-hybridized carbons (Fsp3) is 0.385. The summed E-state index contributed by atoms with van der Waals surface area (Å²) in [6.45, 7) is 2.85. The molecule has 0 bridgehead atoms. The molecule has 0 saturated carbocycles. The van der Waals surface area contributed by atoms with Gasteiger partial charge in [-0.05, 0) is 25.1 Å². The number of alkyl halides is 1. The van der Waals surface area contributed by atoms with Crippen molar-refractivity contribution < 1.29 is 9.47 Å². The average molecular weight is 239 g/mol. The Bertz CT molecular complexity index is 366. The summed E-state index contributed by atoms with van der Waals surface area (Å²) in [5.74, 6) is 7.33. The van der Waals surface area contributed by atoms with Crippen LogP contribution in [-0.2, 0) is 4.74 Å². The first kappa shape index (κ1) is 12.9. The minimum atomic E-state index is 0.273. The number of rotatable bonds is 5. The van der Waals surface area contributed by atoms with Gasteiger partial charge in [-0.3, -0.25) is 0 Å². The first-order valence-electron chi connectivity index (χ1n) is 5.22. The summed E-state index contributed by atoms with van der Waals surface area (Å²) in [5.41, 5.74) is 0.930. The second-order valence-electron chi connectivity index (χ2n) is 3.02.